The third-order valence-corrected chi connectivity index (χ3v) is 4.79. The maximum atomic E-state index is 12.6. The Bertz CT molecular complexity index is 766. The van der Waals surface area contributed by atoms with Crippen molar-refractivity contribution in [1.82, 2.24) is 9.97 Å². The number of aryl methyl sites for hydroxylation is 3. The smallest absolute Gasteiger partial charge is 0.274 e. The predicted octanol–water partition coefficient (Wildman–Crippen LogP) is 4.40. The second-order valence-electron chi connectivity index (χ2n) is 6.95. The summed E-state index contributed by atoms with van der Waals surface area (Å²) in [5.74, 6) is 0.345. The lowest BCUT2D eigenvalue weighted by Crippen LogP contribution is -2.24. The summed E-state index contributed by atoms with van der Waals surface area (Å²) in [5.41, 5.74) is 4.32. The van der Waals surface area contributed by atoms with Crippen LogP contribution in [0.1, 0.15) is 59.4 Å². The van der Waals surface area contributed by atoms with Crippen LogP contribution in [0.5, 0.6) is 0 Å². The Balaban J connectivity index is 1.74. The zero-order chi connectivity index (χ0) is 17.8. The van der Waals surface area contributed by atoms with Crippen molar-refractivity contribution in [2.75, 3.05) is 10.6 Å². The van der Waals surface area contributed by atoms with Gasteiger partial charge in [0.05, 0.1) is 0 Å². The number of nitrogens with one attached hydrogen (secondary N) is 2. The summed E-state index contributed by atoms with van der Waals surface area (Å²) in [5, 5.41) is 6.32. The molecule has 2 aromatic rings. The molecule has 1 aromatic carbocycles. The molecule has 1 heterocycles. The first-order valence-electron chi connectivity index (χ1n) is 9.02. The first-order chi connectivity index (χ1) is 12.0. The highest BCUT2D eigenvalue weighted by molar-refractivity contribution is 6.03. The summed E-state index contributed by atoms with van der Waals surface area (Å²) in [6.45, 7) is 5.98. The van der Waals surface area contributed by atoms with Gasteiger partial charge < -0.3 is 10.6 Å². The van der Waals surface area contributed by atoms with Gasteiger partial charge in [-0.1, -0.05) is 25.3 Å². The van der Waals surface area contributed by atoms with Crippen molar-refractivity contribution < 1.29 is 4.79 Å². The molecule has 0 atom stereocenters. The van der Waals surface area contributed by atoms with E-state index in [1.807, 2.05) is 32.0 Å². The molecule has 5 nitrogen and oxygen atoms in total. The quantitative estimate of drug-likeness (QED) is 0.867. The highest BCUT2D eigenvalue weighted by Gasteiger charge is 2.16. The highest BCUT2D eigenvalue weighted by Crippen LogP contribution is 2.21. The monoisotopic (exact) mass is 338 g/mol. The van der Waals surface area contributed by atoms with E-state index < -0.39 is 0 Å². The first-order valence-corrected chi connectivity index (χ1v) is 9.02. The SMILES string of the molecule is Cc1cc(C(=O)Nc2ccc(C)c(C)c2)nc(NC2CCCCC2)n1. The van der Waals surface area contributed by atoms with Crippen molar-refractivity contribution >= 4 is 17.5 Å². The Morgan fingerprint density at radius 2 is 1.76 bits per heavy atom. The average molecular weight is 338 g/mol. The predicted molar refractivity (Wildman–Crippen MR) is 101 cm³/mol. The third-order valence-electron chi connectivity index (χ3n) is 4.79. The second kappa shape index (κ2) is 7.64. The molecule has 0 aliphatic heterocycles. The summed E-state index contributed by atoms with van der Waals surface area (Å²) in [6, 6.07) is 8.03. The molecule has 0 spiro atoms. The summed E-state index contributed by atoms with van der Waals surface area (Å²) >= 11 is 0. The average Bonchev–Trinajstić information content (AvgIpc) is 2.58. The lowest BCUT2D eigenvalue weighted by Gasteiger charge is -2.23. The first kappa shape index (κ1) is 17.4. The fourth-order valence-corrected chi connectivity index (χ4v) is 3.19. The van der Waals surface area contributed by atoms with Gasteiger partial charge in [0.15, 0.2) is 0 Å². The van der Waals surface area contributed by atoms with Gasteiger partial charge in [-0.05, 0) is 62.9 Å². The minimum Gasteiger partial charge on any atom is -0.351 e. The van der Waals surface area contributed by atoms with Crippen LogP contribution in [0.2, 0.25) is 0 Å². The molecule has 1 aromatic heterocycles. The molecule has 0 radical (unpaired) electrons. The standard InChI is InChI=1S/C20H26N4O/c1-13-9-10-17(11-14(13)2)22-19(25)18-12-15(3)21-20(24-18)23-16-7-5-4-6-8-16/h9-12,16H,4-8H2,1-3H3,(H,22,25)(H,21,23,24). The van der Waals surface area contributed by atoms with Crippen LogP contribution in [0.15, 0.2) is 24.3 Å². The fraction of sp³-hybridized carbons (Fsp3) is 0.450. The molecule has 2 N–H and O–H groups in total. The summed E-state index contributed by atoms with van der Waals surface area (Å²) in [4.78, 5) is 21.4. The molecule has 1 aliphatic rings. The van der Waals surface area contributed by atoms with Crippen molar-refractivity contribution in [3.63, 3.8) is 0 Å². The van der Waals surface area contributed by atoms with Gasteiger partial charge in [0.2, 0.25) is 5.95 Å². The molecule has 0 unspecified atom stereocenters. The van der Waals surface area contributed by atoms with Crippen LogP contribution < -0.4 is 10.6 Å². The van der Waals surface area contributed by atoms with Gasteiger partial charge in [-0.2, -0.15) is 0 Å². The van der Waals surface area contributed by atoms with Crippen molar-refractivity contribution in [2.24, 2.45) is 0 Å². The van der Waals surface area contributed by atoms with E-state index in [9.17, 15) is 4.79 Å². The van der Waals surface area contributed by atoms with E-state index in [0.717, 1.165) is 29.8 Å². The van der Waals surface area contributed by atoms with Crippen molar-refractivity contribution in [2.45, 2.75) is 58.9 Å². The minimum absolute atomic E-state index is 0.208. The van der Waals surface area contributed by atoms with Crippen LogP contribution in [-0.4, -0.2) is 21.9 Å². The van der Waals surface area contributed by atoms with Gasteiger partial charge in [-0.3, -0.25) is 4.79 Å². The van der Waals surface area contributed by atoms with Crippen LogP contribution in [-0.2, 0) is 0 Å². The minimum atomic E-state index is -0.208. The molecule has 0 bridgehead atoms. The summed E-state index contributed by atoms with van der Waals surface area (Å²) < 4.78 is 0. The van der Waals surface area contributed by atoms with Gasteiger partial charge in [0.25, 0.3) is 5.91 Å². The molecule has 3 rings (SSSR count). The second-order valence-corrected chi connectivity index (χ2v) is 6.95. The largest absolute Gasteiger partial charge is 0.351 e. The number of anilines is 2. The number of hydrogen-bond donors (Lipinski definition) is 2. The maximum Gasteiger partial charge on any atom is 0.274 e. The summed E-state index contributed by atoms with van der Waals surface area (Å²) in [7, 11) is 0. The van der Waals surface area contributed by atoms with Gasteiger partial charge in [-0.15, -0.1) is 0 Å². The van der Waals surface area contributed by atoms with Crippen LogP contribution >= 0.6 is 0 Å². The van der Waals surface area contributed by atoms with Crippen molar-refractivity contribution in [3.05, 3.63) is 46.8 Å². The molecule has 1 saturated carbocycles. The third kappa shape index (κ3) is 4.56. The maximum absolute atomic E-state index is 12.6. The number of rotatable bonds is 4. The van der Waals surface area contributed by atoms with Crippen molar-refractivity contribution in [1.29, 1.82) is 0 Å². The van der Waals surface area contributed by atoms with Crippen LogP contribution in [0.25, 0.3) is 0 Å². The Morgan fingerprint density at radius 1 is 1.00 bits per heavy atom. The lowest BCUT2D eigenvalue weighted by atomic mass is 9.96. The molecule has 1 amide bonds. The van der Waals surface area contributed by atoms with E-state index in [2.05, 4.69) is 27.5 Å². The lowest BCUT2D eigenvalue weighted by molar-refractivity contribution is 0.102. The molecule has 132 valence electrons. The van der Waals surface area contributed by atoms with Crippen LogP contribution in [0.3, 0.4) is 0 Å². The Morgan fingerprint density at radius 3 is 2.48 bits per heavy atom. The topological polar surface area (TPSA) is 66.9 Å². The number of amides is 1. The molecular formula is C20H26N4O. The number of benzene rings is 1. The van der Waals surface area contributed by atoms with E-state index in [1.54, 1.807) is 6.07 Å². The molecule has 1 aliphatic carbocycles. The zero-order valence-electron chi connectivity index (χ0n) is 15.2. The number of hydrogen-bond acceptors (Lipinski definition) is 4. The van der Waals surface area contributed by atoms with E-state index in [0.29, 0.717) is 17.7 Å². The Kier molecular flexibility index (Phi) is 5.31. The zero-order valence-corrected chi connectivity index (χ0v) is 15.2. The van der Waals surface area contributed by atoms with Gasteiger partial charge in [0.1, 0.15) is 5.69 Å². The van der Waals surface area contributed by atoms with Gasteiger partial charge in [-0.25, -0.2) is 9.97 Å². The van der Waals surface area contributed by atoms with E-state index in [4.69, 9.17) is 0 Å². The Hall–Kier alpha value is -2.43. The number of aromatic nitrogens is 2. The van der Waals surface area contributed by atoms with E-state index in [1.165, 1.54) is 24.8 Å². The number of carbonyl (C=O) groups is 1. The van der Waals surface area contributed by atoms with Crippen molar-refractivity contribution in [3.8, 4) is 0 Å². The highest BCUT2D eigenvalue weighted by atomic mass is 16.1. The number of nitrogens with zero attached hydrogens (tertiary/aromatic N) is 2. The Labute approximate surface area is 149 Å². The van der Waals surface area contributed by atoms with Crippen LogP contribution in [0.4, 0.5) is 11.6 Å². The van der Waals surface area contributed by atoms with E-state index >= 15 is 0 Å². The molecule has 1 fully saturated rings. The summed E-state index contributed by atoms with van der Waals surface area (Å²) in [6.07, 6.45) is 6.06. The molecular weight excluding hydrogens is 312 g/mol. The fourth-order valence-electron chi connectivity index (χ4n) is 3.19. The molecule has 5 heteroatoms. The molecule has 0 saturated heterocycles. The number of carbonyl (C=O) groups excluding carboxylic acids is 1. The molecule has 25 heavy (non-hydrogen) atoms. The van der Waals surface area contributed by atoms with E-state index in [-0.39, 0.29) is 5.91 Å². The normalized spacial score (nSPS) is 15.0. The van der Waals surface area contributed by atoms with Gasteiger partial charge in [0, 0.05) is 17.4 Å². The van der Waals surface area contributed by atoms with Crippen LogP contribution in [0, 0.1) is 20.8 Å². The van der Waals surface area contributed by atoms with Gasteiger partial charge >= 0.3 is 0 Å².